The molecule has 2 rings (SSSR count). The first-order valence-electron chi connectivity index (χ1n) is 6.95. The van der Waals surface area contributed by atoms with Crippen LogP contribution in [-0.4, -0.2) is 16.3 Å². The maximum Gasteiger partial charge on any atom is 0.147 e. The molecule has 18 heavy (non-hydrogen) atoms. The molecule has 1 aromatic rings. The van der Waals surface area contributed by atoms with Crippen molar-refractivity contribution in [2.45, 2.75) is 45.4 Å². The number of allylic oxidation sites excluding steroid dienone is 1. The summed E-state index contributed by atoms with van der Waals surface area (Å²) in [4.78, 5) is 0. The van der Waals surface area contributed by atoms with Crippen molar-refractivity contribution >= 4 is 11.5 Å². The number of nitrogens with one attached hydrogen (secondary N) is 1. The second-order valence-corrected chi connectivity index (χ2v) is 4.97. The highest BCUT2D eigenvalue weighted by atomic mass is 15.3. The van der Waals surface area contributed by atoms with Crippen LogP contribution in [0.4, 0.5) is 11.5 Å². The van der Waals surface area contributed by atoms with Crippen molar-refractivity contribution in [2.24, 2.45) is 7.05 Å². The van der Waals surface area contributed by atoms with Crippen LogP contribution in [0.2, 0.25) is 0 Å². The van der Waals surface area contributed by atoms with Gasteiger partial charge in [0.25, 0.3) is 0 Å². The topological polar surface area (TPSA) is 55.9 Å². The number of aryl methyl sites for hydroxylation is 2. The van der Waals surface area contributed by atoms with Gasteiger partial charge in [-0.3, -0.25) is 4.68 Å². The van der Waals surface area contributed by atoms with E-state index in [-0.39, 0.29) is 0 Å². The average molecular weight is 248 g/mol. The van der Waals surface area contributed by atoms with E-state index < -0.39 is 0 Å². The Morgan fingerprint density at radius 2 is 2.28 bits per heavy atom. The molecular weight excluding hydrogens is 224 g/mol. The third-order valence-corrected chi connectivity index (χ3v) is 3.62. The molecule has 0 fully saturated rings. The Hall–Kier alpha value is -1.45. The highest BCUT2D eigenvalue weighted by Crippen LogP contribution is 2.23. The van der Waals surface area contributed by atoms with E-state index in [0.717, 1.165) is 36.6 Å². The fraction of sp³-hybridized carbons (Fsp3) is 0.643. The minimum Gasteiger partial charge on any atom is -0.394 e. The highest BCUT2D eigenvalue weighted by molar-refractivity contribution is 5.64. The van der Waals surface area contributed by atoms with Crippen LogP contribution in [0.15, 0.2) is 11.6 Å². The number of hydrogen-bond donors (Lipinski definition) is 2. The Balaban J connectivity index is 1.90. The summed E-state index contributed by atoms with van der Waals surface area (Å²) in [5.41, 5.74) is 9.45. The first kappa shape index (κ1) is 13.0. The van der Waals surface area contributed by atoms with E-state index in [1.807, 2.05) is 11.7 Å². The van der Waals surface area contributed by atoms with Gasteiger partial charge in [-0.25, -0.2) is 0 Å². The fourth-order valence-corrected chi connectivity index (χ4v) is 2.54. The molecule has 0 radical (unpaired) electrons. The van der Waals surface area contributed by atoms with Crippen LogP contribution in [0.1, 0.15) is 44.7 Å². The van der Waals surface area contributed by atoms with Crippen LogP contribution in [0.25, 0.3) is 0 Å². The van der Waals surface area contributed by atoms with Crippen LogP contribution >= 0.6 is 0 Å². The van der Waals surface area contributed by atoms with Gasteiger partial charge >= 0.3 is 0 Å². The number of rotatable bonds is 5. The number of nitrogen functional groups attached to an aromatic ring is 1. The molecule has 0 atom stereocenters. The molecule has 0 saturated carbocycles. The van der Waals surface area contributed by atoms with E-state index in [9.17, 15) is 0 Å². The quantitative estimate of drug-likeness (QED) is 0.788. The summed E-state index contributed by atoms with van der Waals surface area (Å²) < 4.78 is 1.85. The largest absolute Gasteiger partial charge is 0.394 e. The summed E-state index contributed by atoms with van der Waals surface area (Å²) >= 11 is 0. The van der Waals surface area contributed by atoms with E-state index in [4.69, 9.17) is 5.73 Å². The molecule has 1 aliphatic carbocycles. The zero-order valence-electron chi connectivity index (χ0n) is 11.5. The minimum atomic E-state index is 0.803. The SMILES string of the molecule is CCc1nn(C)c(NCCC2=CCCCC2)c1N. The molecule has 4 nitrogen and oxygen atoms in total. The normalized spacial score (nSPS) is 15.6. The average Bonchev–Trinajstić information content (AvgIpc) is 2.67. The standard InChI is InChI=1S/C14H24N4/c1-3-12-13(15)14(18(2)17-12)16-10-9-11-7-5-4-6-8-11/h7,16H,3-6,8-10,15H2,1-2H3. The van der Waals surface area contributed by atoms with Gasteiger partial charge in [-0.05, 0) is 38.5 Å². The molecule has 100 valence electrons. The summed E-state index contributed by atoms with van der Waals surface area (Å²) in [5, 5.41) is 7.83. The van der Waals surface area contributed by atoms with E-state index in [2.05, 4.69) is 23.4 Å². The molecule has 1 aromatic heterocycles. The Labute approximate surface area is 109 Å². The zero-order chi connectivity index (χ0) is 13.0. The predicted octanol–water partition coefficient (Wildman–Crippen LogP) is 2.87. The van der Waals surface area contributed by atoms with Gasteiger partial charge in [0.2, 0.25) is 0 Å². The van der Waals surface area contributed by atoms with Crippen LogP contribution < -0.4 is 11.1 Å². The molecule has 0 aliphatic heterocycles. The van der Waals surface area contributed by atoms with Crippen molar-refractivity contribution < 1.29 is 0 Å². The number of aromatic nitrogens is 2. The van der Waals surface area contributed by atoms with E-state index in [0.29, 0.717) is 0 Å². The number of anilines is 2. The van der Waals surface area contributed by atoms with Gasteiger partial charge in [-0.2, -0.15) is 5.10 Å². The Morgan fingerprint density at radius 1 is 1.44 bits per heavy atom. The molecular formula is C14H24N4. The lowest BCUT2D eigenvalue weighted by Crippen LogP contribution is -2.09. The molecule has 0 amide bonds. The third-order valence-electron chi connectivity index (χ3n) is 3.62. The Bertz CT molecular complexity index is 431. The Kier molecular flexibility index (Phi) is 4.28. The van der Waals surface area contributed by atoms with Crippen molar-refractivity contribution in [3.8, 4) is 0 Å². The summed E-state index contributed by atoms with van der Waals surface area (Å²) in [6.07, 6.45) is 9.62. The van der Waals surface area contributed by atoms with Crippen molar-refractivity contribution in [3.63, 3.8) is 0 Å². The number of nitrogens with zero attached hydrogens (tertiary/aromatic N) is 2. The number of nitrogens with two attached hydrogens (primary N) is 1. The fourth-order valence-electron chi connectivity index (χ4n) is 2.54. The second kappa shape index (κ2) is 5.94. The summed E-state index contributed by atoms with van der Waals surface area (Å²) in [7, 11) is 1.94. The van der Waals surface area contributed by atoms with Crippen molar-refractivity contribution in [3.05, 3.63) is 17.3 Å². The predicted molar refractivity (Wildman–Crippen MR) is 76.7 cm³/mol. The highest BCUT2D eigenvalue weighted by Gasteiger charge is 2.11. The third kappa shape index (κ3) is 2.86. The smallest absolute Gasteiger partial charge is 0.147 e. The van der Waals surface area contributed by atoms with Crippen molar-refractivity contribution in [1.29, 1.82) is 0 Å². The first-order valence-corrected chi connectivity index (χ1v) is 6.95. The molecule has 1 heterocycles. The van der Waals surface area contributed by atoms with Crippen LogP contribution in [0, 0.1) is 0 Å². The van der Waals surface area contributed by atoms with Gasteiger partial charge in [0, 0.05) is 13.6 Å². The molecule has 1 aliphatic rings. The molecule has 0 spiro atoms. The molecule has 4 heteroatoms. The number of hydrogen-bond acceptors (Lipinski definition) is 3. The van der Waals surface area contributed by atoms with Crippen LogP contribution in [0.3, 0.4) is 0 Å². The summed E-state index contributed by atoms with van der Waals surface area (Å²) in [6, 6.07) is 0. The first-order chi connectivity index (χ1) is 8.72. The lowest BCUT2D eigenvalue weighted by atomic mass is 9.97. The van der Waals surface area contributed by atoms with E-state index in [1.165, 1.54) is 25.7 Å². The molecule has 0 bridgehead atoms. The van der Waals surface area contributed by atoms with Gasteiger partial charge < -0.3 is 11.1 Å². The van der Waals surface area contributed by atoms with E-state index >= 15 is 0 Å². The lowest BCUT2D eigenvalue weighted by molar-refractivity contribution is 0.677. The molecule has 0 aromatic carbocycles. The minimum absolute atomic E-state index is 0.803. The maximum absolute atomic E-state index is 6.07. The van der Waals surface area contributed by atoms with E-state index in [1.54, 1.807) is 5.57 Å². The van der Waals surface area contributed by atoms with Gasteiger partial charge in [0.05, 0.1) is 11.4 Å². The zero-order valence-corrected chi connectivity index (χ0v) is 11.5. The van der Waals surface area contributed by atoms with Crippen LogP contribution in [0.5, 0.6) is 0 Å². The maximum atomic E-state index is 6.07. The lowest BCUT2D eigenvalue weighted by Gasteiger charge is -2.13. The molecule has 3 N–H and O–H groups in total. The molecule has 0 unspecified atom stereocenters. The van der Waals surface area contributed by atoms with Crippen molar-refractivity contribution in [1.82, 2.24) is 9.78 Å². The van der Waals surface area contributed by atoms with Gasteiger partial charge in [0.15, 0.2) is 0 Å². The second-order valence-electron chi connectivity index (χ2n) is 4.97. The molecule has 0 saturated heterocycles. The summed E-state index contributed by atoms with van der Waals surface area (Å²) in [5.74, 6) is 0.961. The van der Waals surface area contributed by atoms with Gasteiger partial charge in [-0.15, -0.1) is 0 Å². The monoisotopic (exact) mass is 248 g/mol. The summed E-state index contributed by atoms with van der Waals surface area (Å²) in [6.45, 7) is 3.02. The Morgan fingerprint density at radius 3 is 2.89 bits per heavy atom. The van der Waals surface area contributed by atoms with Gasteiger partial charge in [-0.1, -0.05) is 18.6 Å². The van der Waals surface area contributed by atoms with Crippen molar-refractivity contribution in [2.75, 3.05) is 17.6 Å². The van der Waals surface area contributed by atoms with Crippen LogP contribution in [-0.2, 0) is 13.5 Å². The van der Waals surface area contributed by atoms with Gasteiger partial charge in [0.1, 0.15) is 5.82 Å².